The van der Waals surface area contributed by atoms with E-state index in [9.17, 15) is 18.9 Å². The van der Waals surface area contributed by atoms with Crippen LogP contribution in [0.15, 0.2) is 0 Å². The molecule has 20 heteroatoms. The molecule has 6 nitrogen and oxygen atoms in total. The van der Waals surface area contributed by atoms with E-state index in [1.165, 1.54) is 58.8 Å². The lowest BCUT2D eigenvalue weighted by molar-refractivity contribution is -0.111. The Balaban J connectivity index is 3.35. The lowest BCUT2D eigenvalue weighted by Gasteiger charge is -2.10. The van der Waals surface area contributed by atoms with Gasteiger partial charge in [-0.1, -0.05) is 46.5 Å². The van der Waals surface area contributed by atoms with Crippen LogP contribution >= 0.6 is 153 Å². The molecule has 0 bridgehead atoms. The minimum Gasteiger partial charge on any atom is -0.616 e. The summed E-state index contributed by atoms with van der Waals surface area (Å²) in [6.45, 7) is 0. The molecule has 1 unspecified atom stereocenters. The summed E-state index contributed by atoms with van der Waals surface area (Å²) >= 11 is 20.4. The SMILES string of the molecule is O=C(CCSCSCCC(=O)SCSCSCO)SCCSCSCC[S+]([O-])CCCSCSCCC(=O)SCSCSCO. The Morgan fingerprint density at radius 3 is 1.38 bits per heavy atom. The van der Waals surface area contributed by atoms with E-state index in [0.717, 1.165) is 93.8 Å². The fraction of sp³-hybridized carbons (Fsp3) is 0.880. The average molecular weight is 892 g/mol. The standard InChI is InChI=1S/C25H46O6S14/c26-14-38-19-40-21-43-24(29)3-7-33-16-32-5-1-12-45(31)13-11-37-18-36-9-10-42-23(28)2-6-34-17-35-8-4-25(30)44-22-41-20-39-15-27/h26-27H,1-22H2. The van der Waals surface area contributed by atoms with Crippen molar-refractivity contribution >= 4 is 179 Å². The molecule has 0 saturated carbocycles. The summed E-state index contributed by atoms with van der Waals surface area (Å²) in [6.07, 6.45) is 2.72. The summed E-state index contributed by atoms with van der Waals surface area (Å²) < 4.78 is 12.2. The van der Waals surface area contributed by atoms with Crippen molar-refractivity contribution in [3.8, 4) is 0 Å². The molecule has 0 heterocycles. The van der Waals surface area contributed by atoms with Gasteiger partial charge in [0.2, 0.25) is 0 Å². The number of thioether (sulfide) groups is 13. The van der Waals surface area contributed by atoms with Gasteiger partial charge in [0, 0.05) is 95.8 Å². The van der Waals surface area contributed by atoms with Gasteiger partial charge in [0.1, 0.15) is 11.5 Å². The molecule has 0 aliphatic carbocycles. The lowest BCUT2D eigenvalue weighted by atomic mass is 10.5. The van der Waals surface area contributed by atoms with Gasteiger partial charge in [0.25, 0.3) is 0 Å². The van der Waals surface area contributed by atoms with E-state index >= 15 is 0 Å². The second kappa shape index (κ2) is 40.6. The lowest BCUT2D eigenvalue weighted by Crippen LogP contribution is -2.13. The second-order valence-electron chi connectivity index (χ2n) is 8.05. The monoisotopic (exact) mass is 890 g/mol. The van der Waals surface area contributed by atoms with Crippen LogP contribution in [-0.4, -0.2) is 129 Å². The van der Waals surface area contributed by atoms with Crippen molar-refractivity contribution in [1.29, 1.82) is 0 Å². The van der Waals surface area contributed by atoms with Crippen LogP contribution in [0.3, 0.4) is 0 Å². The van der Waals surface area contributed by atoms with E-state index in [-0.39, 0.29) is 27.2 Å². The molecule has 0 amide bonds. The molecular formula is C25H46O6S14. The van der Waals surface area contributed by atoms with E-state index in [0.29, 0.717) is 19.3 Å². The Labute approximate surface area is 329 Å². The van der Waals surface area contributed by atoms with Crippen LogP contribution in [0.25, 0.3) is 0 Å². The number of aliphatic hydroxyl groups excluding tert-OH is 2. The molecule has 266 valence electrons. The van der Waals surface area contributed by atoms with Gasteiger partial charge in [-0.3, -0.25) is 14.4 Å². The third-order valence-corrected chi connectivity index (χ3v) is 20.8. The number of rotatable bonds is 35. The molecule has 0 aromatic heterocycles. The summed E-state index contributed by atoms with van der Waals surface area (Å²) in [7, 11) is 0. The first-order valence-electron chi connectivity index (χ1n) is 13.8. The maximum Gasteiger partial charge on any atom is 0.190 e. The summed E-state index contributed by atoms with van der Waals surface area (Å²) in [5, 5.41) is 24.1. The van der Waals surface area contributed by atoms with Gasteiger partial charge >= 0.3 is 0 Å². The van der Waals surface area contributed by atoms with Crippen LogP contribution < -0.4 is 0 Å². The molecule has 0 aliphatic heterocycles. The van der Waals surface area contributed by atoms with Crippen molar-refractivity contribution in [2.75, 3.05) is 99.2 Å². The van der Waals surface area contributed by atoms with Crippen molar-refractivity contribution in [2.24, 2.45) is 0 Å². The van der Waals surface area contributed by atoms with Gasteiger partial charge in [-0.25, -0.2) is 0 Å². The highest BCUT2D eigenvalue weighted by Crippen LogP contribution is 2.23. The first-order valence-corrected chi connectivity index (χ1v) is 29.8. The highest BCUT2D eigenvalue weighted by atomic mass is 32.2. The van der Waals surface area contributed by atoms with Gasteiger partial charge in [-0.2, -0.15) is 58.8 Å². The zero-order valence-corrected chi connectivity index (χ0v) is 36.7. The Bertz CT molecular complexity index is 701. The van der Waals surface area contributed by atoms with Gasteiger partial charge < -0.3 is 14.8 Å². The van der Waals surface area contributed by atoms with Crippen molar-refractivity contribution < 1.29 is 29.1 Å². The number of carbonyl (C=O) groups is 3. The quantitative estimate of drug-likeness (QED) is 0.0364. The van der Waals surface area contributed by atoms with Crippen LogP contribution in [0.4, 0.5) is 0 Å². The number of carbonyl (C=O) groups excluding carboxylic acids is 3. The maximum absolute atomic E-state index is 12.2. The topological polar surface area (TPSA) is 115 Å². The minimum atomic E-state index is -0.758. The number of aliphatic hydroxyl groups is 2. The second-order valence-corrected chi connectivity index (χ2v) is 26.0. The number of hydrogen-bond donors (Lipinski definition) is 2. The normalized spacial score (nSPS) is 12.1. The van der Waals surface area contributed by atoms with E-state index in [4.69, 9.17) is 10.2 Å². The molecule has 0 rings (SSSR count). The van der Waals surface area contributed by atoms with E-state index in [2.05, 4.69) is 0 Å². The van der Waals surface area contributed by atoms with Crippen LogP contribution in [0, 0.1) is 0 Å². The Morgan fingerprint density at radius 2 is 0.867 bits per heavy atom. The summed E-state index contributed by atoms with van der Waals surface area (Å²) in [6, 6.07) is 0. The summed E-state index contributed by atoms with van der Waals surface area (Å²) in [5.41, 5.74) is 0. The Kier molecular flexibility index (Phi) is 44.0. The Morgan fingerprint density at radius 1 is 0.444 bits per heavy atom. The predicted octanol–water partition coefficient (Wildman–Crippen LogP) is 8.01. The molecule has 0 fully saturated rings. The first-order chi connectivity index (χ1) is 22.0. The maximum atomic E-state index is 12.2. The molecule has 0 spiro atoms. The van der Waals surface area contributed by atoms with Gasteiger partial charge in [-0.05, 0) is 5.75 Å². The predicted molar refractivity (Wildman–Crippen MR) is 232 cm³/mol. The summed E-state index contributed by atoms with van der Waals surface area (Å²) in [4.78, 5) is 35.7. The van der Waals surface area contributed by atoms with Crippen molar-refractivity contribution in [1.82, 2.24) is 0 Å². The zero-order chi connectivity index (χ0) is 33.1. The highest BCUT2D eigenvalue weighted by molar-refractivity contribution is 8.28. The molecule has 0 saturated heterocycles. The van der Waals surface area contributed by atoms with E-state index in [1.54, 1.807) is 58.8 Å². The van der Waals surface area contributed by atoms with Gasteiger partial charge in [0.15, 0.2) is 15.3 Å². The molecular weight excluding hydrogens is 845 g/mol. The fourth-order valence-corrected chi connectivity index (χ4v) is 17.3. The zero-order valence-electron chi connectivity index (χ0n) is 25.3. The van der Waals surface area contributed by atoms with Gasteiger partial charge in [-0.15, -0.1) is 58.8 Å². The van der Waals surface area contributed by atoms with Crippen molar-refractivity contribution in [3.05, 3.63) is 0 Å². The van der Waals surface area contributed by atoms with E-state index in [1.807, 2.05) is 35.3 Å². The molecule has 0 aliphatic rings. The number of hydrogen-bond acceptors (Lipinski definition) is 19. The molecule has 0 aromatic carbocycles. The van der Waals surface area contributed by atoms with Crippen molar-refractivity contribution in [3.63, 3.8) is 0 Å². The highest BCUT2D eigenvalue weighted by Gasteiger charge is 2.08. The summed E-state index contributed by atoms with van der Waals surface area (Å²) in [5.74, 6) is 7.95. The average Bonchev–Trinajstić information content (AvgIpc) is 3.02. The third-order valence-electron chi connectivity index (χ3n) is 4.58. The molecule has 0 aromatic rings. The molecule has 0 radical (unpaired) electrons. The van der Waals surface area contributed by atoms with Gasteiger partial charge in [0.05, 0.1) is 11.9 Å². The first kappa shape index (κ1) is 48.8. The van der Waals surface area contributed by atoms with E-state index < -0.39 is 11.2 Å². The van der Waals surface area contributed by atoms with Crippen LogP contribution in [-0.2, 0) is 25.6 Å². The molecule has 2 N–H and O–H groups in total. The largest absolute Gasteiger partial charge is 0.616 e. The Hall–Kier alpha value is 3.79. The molecule has 45 heavy (non-hydrogen) atoms. The van der Waals surface area contributed by atoms with Crippen LogP contribution in [0.1, 0.15) is 25.7 Å². The smallest absolute Gasteiger partial charge is 0.190 e. The van der Waals surface area contributed by atoms with Crippen LogP contribution in [0.2, 0.25) is 0 Å². The minimum absolute atomic E-state index is 0.124. The molecule has 1 atom stereocenters. The van der Waals surface area contributed by atoms with Crippen molar-refractivity contribution in [2.45, 2.75) is 25.7 Å². The van der Waals surface area contributed by atoms with Crippen LogP contribution in [0.5, 0.6) is 0 Å². The third kappa shape index (κ3) is 40.4. The fourth-order valence-electron chi connectivity index (χ4n) is 2.48.